The molecule has 158 valence electrons. The quantitative estimate of drug-likeness (QED) is 0.542. The van der Waals surface area contributed by atoms with Crippen LogP contribution in [0, 0.1) is 0 Å². The van der Waals surface area contributed by atoms with E-state index in [2.05, 4.69) is 4.98 Å². The molecule has 0 fully saturated rings. The van der Waals surface area contributed by atoms with Gasteiger partial charge in [-0.05, 0) is 42.3 Å². The van der Waals surface area contributed by atoms with Gasteiger partial charge in [0.2, 0.25) is 5.91 Å². The van der Waals surface area contributed by atoms with Gasteiger partial charge in [0.1, 0.15) is 0 Å². The molecule has 0 spiro atoms. The van der Waals surface area contributed by atoms with Gasteiger partial charge in [-0.3, -0.25) is 19.4 Å². The molecule has 3 aromatic rings. The Balaban J connectivity index is 1.74. The number of amides is 1. The van der Waals surface area contributed by atoms with Crippen LogP contribution in [0.2, 0.25) is 0 Å². The highest BCUT2D eigenvalue weighted by Crippen LogP contribution is 2.25. The molecule has 2 aromatic carbocycles. The summed E-state index contributed by atoms with van der Waals surface area (Å²) >= 11 is 0. The Labute approximate surface area is 180 Å². The molecule has 0 aliphatic rings. The lowest BCUT2D eigenvalue weighted by Gasteiger charge is -2.23. The van der Waals surface area contributed by atoms with Crippen LogP contribution in [0.3, 0.4) is 0 Å². The number of fused-ring (bicyclic) bond motifs is 1. The normalized spacial score (nSPS) is 11.0. The Kier molecular flexibility index (Phi) is 7.40. The van der Waals surface area contributed by atoms with Crippen molar-refractivity contribution >= 4 is 34.1 Å². The molecule has 0 saturated heterocycles. The molecule has 1 heterocycles. The van der Waals surface area contributed by atoms with Gasteiger partial charge in [0.05, 0.1) is 24.2 Å². The lowest BCUT2D eigenvalue weighted by atomic mass is 10.0. The smallest absolute Gasteiger partial charge is 0.231 e. The van der Waals surface area contributed by atoms with Crippen molar-refractivity contribution in [3.05, 3.63) is 84.1 Å². The monoisotopic (exact) mass is 416 g/mol. The first kappa shape index (κ1) is 22.1. The van der Waals surface area contributed by atoms with Gasteiger partial charge >= 0.3 is 0 Å². The number of ketones is 2. The number of aromatic nitrogens is 1. The van der Waals surface area contributed by atoms with Gasteiger partial charge in [-0.2, -0.15) is 0 Å². The number of rotatable bonds is 9. The highest BCUT2D eigenvalue weighted by Gasteiger charge is 2.18. The number of benzene rings is 2. The summed E-state index contributed by atoms with van der Waals surface area (Å²) in [5.41, 5.74) is 2.98. The molecular formula is C25H24N2O4. The molecule has 0 unspecified atom stereocenters. The predicted molar refractivity (Wildman–Crippen MR) is 120 cm³/mol. The lowest BCUT2D eigenvalue weighted by molar-refractivity contribution is -0.118. The van der Waals surface area contributed by atoms with Gasteiger partial charge < -0.3 is 10.0 Å². The van der Waals surface area contributed by atoms with E-state index in [1.807, 2.05) is 42.5 Å². The Morgan fingerprint density at radius 1 is 0.935 bits per heavy atom. The van der Waals surface area contributed by atoms with E-state index < -0.39 is 0 Å². The van der Waals surface area contributed by atoms with E-state index in [4.69, 9.17) is 0 Å². The largest absolute Gasteiger partial charge is 0.395 e. The molecule has 31 heavy (non-hydrogen) atoms. The molecule has 3 rings (SSSR count). The fraction of sp³-hybridized carbons (Fsp3) is 0.200. The lowest BCUT2D eigenvalue weighted by Crippen LogP contribution is -2.35. The Hall–Kier alpha value is -3.64. The maximum absolute atomic E-state index is 13.1. The number of nitrogens with zero attached hydrogens (tertiary/aromatic N) is 2. The molecule has 1 N–H and O–H groups in total. The van der Waals surface area contributed by atoms with Crippen molar-refractivity contribution in [1.82, 2.24) is 4.98 Å². The third-order valence-corrected chi connectivity index (χ3v) is 4.79. The molecule has 6 heteroatoms. The number of aliphatic hydroxyl groups is 1. The van der Waals surface area contributed by atoms with E-state index in [0.717, 1.165) is 16.5 Å². The first-order chi connectivity index (χ1) is 15.0. The van der Waals surface area contributed by atoms with Gasteiger partial charge in [-0.25, -0.2) is 0 Å². The molecule has 1 amide bonds. The number of aliphatic hydroxyl groups excluding tert-OH is 1. The van der Waals surface area contributed by atoms with Crippen LogP contribution in [-0.2, 0) is 27.2 Å². The molecule has 1 aromatic heterocycles. The Bertz CT molecular complexity index is 1110. The molecule has 0 aliphatic carbocycles. The van der Waals surface area contributed by atoms with Gasteiger partial charge in [-0.1, -0.05) is 42.5 Å². The van der Waals surface area contributed by atoms with Gasteiger partial charge in [0.25, 0.3) is 0 Å². The van der Waals surface area contributed by atoms with Crippen LogP contribution in [0.1, 0.15) is 18.1 Å². The summed E-state index contributed by atoms with van der Waals surface area (Å²) in [4.78, 5) is 41.8. The first-order valence-corrected chi connectivity index (χ1v) is 10.0. The maximum Gasteiger partial charge on any atom is 0.231 e. The number of pyridine rings is 1. The summed E-state index contributed by atoms with van der Waals surface area (Å²) in [7, 11) is 0. The Morgan fingerprint density at radius 3 is 2.29 bits per heavy atom. The summed E-state index contributed by atoms with van der Waals surface area (Å²) in [6.45, 7) is 1.40. The second-order valence-electron chi connectivity index (χ2n) is 7.20. The fourth-order valence-corrected chi connectivity index (χ4v) is 3.30. The van der Waals surface area contributed by atoms with Crippen molar-refractivity contribution in [3.63, 3.8) is 0 Å². The minimum atomic E-state index is -0.170. The highest BCUT2D eigenvalue weighted by atomic mass is 16.3. The average molecular weight is 416 g/mol. The average Bonchev–Trinajstić information content (AvgIpc) is 2.77. The second-order valence-corrected chi connectivity index (χ2v) is 7.20. The number of para-hydroxylation sites is 1. The number of hydrogen-bond acceptors (Lipinski definition) is 5. The molecule has 6 nitrogen and oxygen atoms in total. The van der Waals surface area contributed by atoms with Crippen molar-refractivity contribution in [2.45, 2.75) is 19.8 Å². The second kappa shape index (κ2) is 10.4. The zero-order valence-corrected chi connectivity index (χ0v) is 17.3. The van der Waals surface area contributed by atoms with E-state index in [1.165, 1.54) is 19.1 Å². The number of hydrogen-bond donors (Lipinski definition) is 1. The van der Waals surface area contributed by atoms with Crippen molar-refractivity contribution in [3.8, 4) is 0 Å². The van der Waals surface area contributed by atoms with E-state index in [0.29, 0.717) is 11.2 Å². The summed E-state index contributed by atoms with van der Waals surface area (Å²) in [6.07, 6.45) is 4.56. The van der Waals surface area contributed by atoms with Crippen LogP contribution < -0.4 is 4.90 Å². The summed E-state index contributed by atoms with van der Waals surface area (Å²) in [5.74, 6) is -0.479. The first-order valence-electron chi connectivity index (χ1n) is 10.0. The molecule has 0 aliphatic heterocycles. The van der Waals surface area contributed by atoms with E-state index in [9.17, 15) is 19.5 Å². The minimum Gasteiger partial charge on any atom is -0.395 e. The van der Waals surface area contributed by atoms with E-state index >= 15 is 0 Å². The highest BCUT2D eigenvalue weighted by molar-refractivity contribution is 6.02. The minimum absolute atomic E-state index is 0.152. The number of carbonyl (C=O) groups is 3. The van der Waals surface area contributed by atoms with Crippen LogP contribution >= 0.6 is 0 Å². The molecule has 0 bridgehead atoms. The Morgan fingerprint density at radius 2 is 1.61 bits per heavy atom. The third kappa shape index (κ3) is 5.93. The molecule has 0 radical (unpaired) electrons. The van der Waals surface area contributed by atoms with Crippen LogP contribution in [0.15, 0.2) is 72.9 Å². The van der Waals surface area contributed by atoms with Gasteiger partial charge in [0.15, 0.2) is 11.6 Å². The third-order valence-electron chi connectivity index (χ3n) is 4.79. The van der Waals surface area contributed by atoms with Crippen molar-refractivity contribution in [2.75, 3.05) is 18.1 Å². The zero-order chi connectivity index (χ0) is 22.2. The summed E-state index contributed by atoms with van der Waals surface area (Å²) in [5, 5.41) is 10.4. The number of anilines is 1. The van der Waals surface area contributed by atoms with Crippen molar-refractivity contribution < 1.29 is 19.5 Å². The molecule has 0 atom stereocenters. The van der Waals surface area contributed by atoms with Crippen molar-refractivity contribution in [2.24, 2.45) is 0 Å². The van der Waals surface area contributed by atoms with E-state index in [-0.39, 0.29) is 43.5 Å². The zero-order valence-electron chi connectivity index (χ0n) is 17.3. The molecule has 0 saturated carbocycles. The van der Waals surface area contributed by atoms with Crippen LogP contribution in [0.25, 0.3) is 10.9 Å². The van der Waals surface area contributed by atoms with Crippen LogP contribution in [0.4, 0.5) is 5.69 Å². The SMILES string of the molecule is CC(=O)/C=C/C(=O)Cc1ccc(CC(=O)N(CCO)c2cccc3cccnc23)cc1. The number of carbonyl (C=O) groups excluding carboxylic acids is 3. The molecular weight excluding hydrogens is 392 g/mol. The number of allylic oxidation sites excluding steroid dienone is 2. The van der Waals surface area contributed by atoms with Gasteiger partial charge in [-0.15, -0.1) is 0 Å². The summed E-state index contributed by atoms with van der Waals surface area (Å²) in [6, 6.07) is 16.6. The van der Waals surface area contributed by atoms with Crippen LogP contribution in [0.5, 0.6) is 0 Å². The summed E-state index contributed by atoms with van der Waals surface area (Å²) < 4.78 is 0. The van der Waals surface area contributed by atoms with Crippen LogP contribution in [-0.4, -0.2) is 40.7 Å². The predicted octanol–water partition coefficient (Wildman–Crippen LogP) is 3.06. The maximum atomic E-state index is 13.1. The topological polar surface area (TPSA) is 87.6 Å². The van der Waals surface area contributed by atoms with Crippen molar-refractivity contribution in [1.29, 1.82) is 0 Å². The fourth-order valence-electron chi connectivity index (χ4n) is 3.30. The van der Waals surface area contributed by atoms with E-state index in [1.54, 1.807) is 23.2 Å². The standard InChI is InChI=1S/C25H24N2O4/c1-18(29)7-12-22(30)16-19-8-10-20(11-9-19)17-24(31)27(14-15-28)23-6-2-4-21-5-3-13-26-25(21)23/h2-13,28H,14-17H2,1H3/b12-7+. The van der Waals surface area contributed by atoms with Gasteiger partial charge in [0, 0.05) is 24.5 Å².